The first-order chi connectivity index (χ1) is 16.0. The van der Waals surface area contributed by atoms with Gasteiger partial charge in [0.25, 0.3) is 5.91 Å². The Labute approximate surface area is 200 Å². The van der Waals surface area contributed by atoms with E-state index in [4.69, 9.17) is 9.47 Å². The molecule has 7 nitrogen and oxygen atoms in total. The number of hydrogen-bond donors (Lipinski definition) is 0. The molecule has 0 saturated carbocycles. The number of carbonyl (C=O) groups is 2. The Morgan fingerprint density at radius 3 is 2.47 bits per heavy atom. The van der Waals surface area contributed by atoms with Crippen LogP contribution in [0, 0.1) is 11.2 Å². The number of likely N-dealkylation sites (N-methyl/N-ethyl adjacent to an activating group) is 1. The minimum absolute atomic E-state index is 0.131. The zero-order chi connectivity index (χ0) is 25.0. The number of hydrogen-bond acceptors (Lipinski definition) is 5. The molecule has 2 aromatic rings. The van der Waals surface area contributed by atoms with Crippen molar-refractivity contribution in [3.05, 3.63) is 59.4 Å². The number of carbonyl (C=O) groups excluding carboxylic acids is 2. The lowest BCUT2D eigenvalue weighted by Crippen LogP contribution is -2.40. The van der Waals surface area contributed by atoms with Crippen molar-refractivity contribution in [3.8, 4) is 11.5 Å². The third-order valence-corrected chi connectivity index (χ3v) is 5.63. The molecule has 1 atom stereocenters. The highest BCUT2D eigenvalue weighted by molar-refractivity contribution is 6.03. The second-order valence-electron chi connectivity index (χ2n) is 9.58. The van der Waals surface area contributed by atoms with Gasteiger partial charge in [0, 0.05) is 31.0 Å². The van der Waals surface area contributed by atoms with Crippen molar-refractivity contribution >= 4 is 17.5 Å². The Morgan fingerprint density at radius 1 is 1.15 bits per heavy atom. The summed E-state index contributed by atoms with van der Waals surface area (Å²) in [4.78, 5) is 27.4. The Kier molecular flexibility index (Phi) is 7.59. The summed E-state index contributed by atoms with van der Waals surface area (Å²) in [6.45, 7) is 5.76. The summed E-state index contributed by atoms with van der Waals surface area (Å²) in [5.41, 5.74) is 1.27. The van der Waals surface area contributed by atoms with Crippen LogP contribution in [0.3, 0.4) is 0 Å². The highest BCUT2D eigenvalue weighted by Crippen LogP contribution is 2.39. The zero-order valence-electron chi connectivity index (χ0n) is 20.6. The van der Waals surface area contributed by atoms with Gasteiger partial charge in [-0.1, -0.05) is 39.0 Å². The Balaban J connectivity index is 1.96. The Hall–Kier alpha value is -3.42. The topological polar surface area (TPSA) is 71.4 Å². The van der Waals surface area contributed by atoms with Crippen molar-refractivity contribution in [3.63, 3.8) is 0 Å². The van der Waals surface area contributed by atoms with Gasteiger partial charge >= 0.3 is 0 Å². The summed E-state index contributed by atoms with van der Waals surface area (Å²) in [6, 6.07) is 11.1. The molecule has 182 valence electrons. The van der Waals surface area contributed by atoms with Crippen molar-refractivity contribution in [2.75, 3.05) is 27.8 Å². The lowest BCUT2D eigenvalue weighted by Gasteiger charge is -2.27. The van der Waals surface area contributed by atoms with E-state index < -0.39 is 11.9 Å². The molecule has 0 fully saturated rings. The van der Waals surface area contributed by atoms with Gasteiger partial charge in [-0.25, -0.2) is 9.40 Å². The molecule has 1 heterocycles. The minimum Gasteiger partial charge on any atom is -0.497 e. The number of rotatable bonds is 7. The Morgan fingerprint density at radius 2 is 1.85 bits per heavy atom. The third kappa shape index (κ3) is 5.73. The van der Waals surface area contributed by atoms with Crippen LogP contribution in [-0.2, 0) is 9.59 Å². The van der Waals surface area contributed by atoms with Crippen LogP contribution in [0.1, 0.15) is 50.8 Å². The predicted octanol–water partition coefficient (Wildman–Crippen LogP) is 4.42. The molecule has 0 N–H and O–H groups in total. The second-order valence-corrected chi connectivity index (χ2v) is 9.58. The number of amides is 2. The van der Waals surface area contributed by atoms with E-state index in [0.717, 1.165) is 0 Å². The summed E-state index contributed by atoms with van der Waals surface area (Å²) in [6.07, 6.45) is 0.601. The summed E-state index contributed by atoms with van der Waals surface area (Å²) in [5.74, 6) is 0.245. The van der Waals surface area contributed by atoms with E-state index in [1.165, 1.54) is 16.0 Å². The fourth-order valence-electron chi connectivity index (χ4n) is 3.89. The van der Waals surface area contributed by atoms with E-state index in [-0.39, 0.29) is 30.2 Å². The number of nitrogens with zero attached hydrogens (tertiary/aromatic N) is 3. The first kappa shape index (κ1) is 25.2. The van der Waals surface area contributed by atoms with Gasteiger partial charge in [0.15, 0.2) is 0 Å². The van der Waals surface area contributed by atoms with Gasteiger partial charge in [-0.15, -0.1) is 0 Å². The highest BCUT2D eigenvalue weighted by Gasteiger charge is 2.36. The van der Waals surface area contributed by atoms with Gasteiger partial charge in [0.05, 0.1) is 26.0 Å². The number of ether oxygens (including phenoxy) is 2. The number of methoxy groups -OCH3 is 2. The molecule has 1 aliphatic rings. The smallest absolute Gasteiger partial charge is 0.262 e. The van der Waals surface area contributed by atoms with E-state index in [1.807, 2.05) is 20.8 Å². The van der Waals surface area contributed by atoms with Gasteiger partial charge in [0.1, 0.15) is 23.9 Å². The van der Waals surface area contributed by atoms with Gasteiger partial charge < -0.3 is 14.4 Å². The molecule has 3 rings (SSSR count). The number of hydrazone groups is 1. The van der Waals surface area contributed by atoms with Crippen molar-refractivity contribution in [1.82, 2.24) is 9.91 Å². The van der Waals surface area contributed by atoms with Crippen LogP contribution < -0.4 is 9.47 Å². The third-order valence-electron chi connectivity index (χ3n) is 5.63. The number of benzene rings is 2. The fourth-order valence-corrected chi connectivity index (χ4v) is 3.89. The van der Waals surface area contributed by atoms with Crippen LogP contribution >= 0.6 is 0 Å². The molecule has 0 saturated heterocycles. The van der Waals surface area contributed by atoms with Crippen LogP contribution in [0.5, 0.6) is 11.5 Å². The van der Waals surface area contributed by atoms with Gasteiger partial charge in [0.2, 0.25) is 5.91 Å². The zero-order valence-corrected chi connectivity index (χ0v) is 20.6. The standard InChI is InChI=1S/C26H32FN3O4/c1-26(2,3)15-24(31)29(4)16-25(32)30-22(19-13-17(33-5)11-12-23(19)34-6)14-21(28-30)18-9-7-8-10-20(18)27/h7-13,22H,14-16H2,1-6H3/t22-/m0/s1. The highest BCUT2D eigenvalue weighted by atomic mass is 19.1. The van der Waals surface area contributed by atoms with E-state index in [0.29, 0.717) is 34.8 Å². The maximum absolute atomic E-state index is 14.6. The van der Waals surface area contributed by atoms with Gasteiger partial charge in [-0.3, -0.25) is 9.59 Å². The molecule has 8 heteroatoms. The molecule has 0 spiro atoms. The van der Waals surface area contributed by atoms with Crippen LogP contribution in [0.4, 0.5) is 4.39 Å². The lowest BCUT2D eigenvalue weighted by molar-refractivity contribution is -0.141. The largest absolute Gasteiger partial charge is 0.497 e. The van der Waals surface area contributed by atoms with Crippen molar-refractivity contribution < 1.29 is 23.5 Å². The van der Waals surface area contributed by atoms with Gasteiger partial charge in [-0.05, 0) is 29.7 Å². The van der Waals surface area contributed by atoms with E-state index in [9.17, 15) is 14.0 Å². The van der Waals surface area contributed by atoms with E-state index >= 15 is 0 Å². The fraction of sp³-hybridized carbons (Fsp3) is 0.423. The average Bonchev–Trinajstić information content (AvgIpc) is 3.23. The van der Waals surface area contributed by atoms with Crippen molar-refractivity contribution in [1.29, 1.82) is 0 Å². The molecule has 0 aromatic heterocycles. The molecule has 2 aromatic carbocycles. The molecular formula is C26H32FN3O4. The van der Waals surface area contributed by atoms with Gasteiger partial charge in [-0.2, -0.15) is 5.10 Å². The minimum atomic E-state index is -0.543. The monoisotopic (exact) mass is 469 g/mol. The SMILES string of the molecule is COc1ccc(OC)c([C@@H]2CC(c3ccccc3F)=NN2C(=O)CN(C)C(=O)CC(C)(C)C)c1. The molecule has 2 amide bonds. The second kappa shape index (κ2) is 10.2. The number of halogens is 1. The quantitative estimate of drug-likeness (QED) is 0.602. The van der Waals surface area contributed by atoms with Crippen LogP contribution in [0.15, 0.2) is 47.6 Å². The maximum atomic E-state index is 14.6. The van der Waals surface area contributed by atoms with Crippen molar-refractivity contribution in [2.24, 2.45) is 10.5 Å². The van der Waals surface area contributed by atoms with Crippen molar-refractivity contribution in [2.45, 2.75) is 39.7 Å². The average molecular weight is 470 g/mol. The Bertz CT molecular complexity index is 1090. The van der Waals surface area contributed by atoms with Crippen LogP contribution in [-0.4, -0.2) is 55.2 Å². The molecule has 0 aliphatic carbocycles. The summed E-state index contributed by atoms with van der Waals surface area (Å²) < 4.78 is 25.5. The summed E-state index contributed by atoms with van der Waals surface area (Å²) in [7, 11) is 4.70. The predicted molar refractivity (Wildman–Crippen MR) is 128 cm³/mol. The molecule has 0 unspecified atom stereocenters. The summed E-state index contributed by atoms with van der Waals surface area (Å²) >= 11 is 0. The molecule has 1 aliphatic heterocycles. The normalized spacial score (nSPS) is 15.7. The maximum Gasteiger partial charge on any atom is 0.262 e. The molecule has 34 heavy (non-hydrogen) atoms. The molecular weight excluding hydrogens is 437 g/mol. The molecule has 0 bridgehead atoms. The lowest BCUT2D eigenvalue weighted by atomic mass is 9.92. The van der Waals surface area contributed by atoms with Crippen LogP contribution in [0.2, 0.25) is 0 Å². The molecule has 0 radical (unpaired) electrons. The van der Waals surface area contributed by atoms with E-state index in [2.05, 4.69) is 5.10 Å². The van der Waals surface area contributed by atoms with Crippen LogP contribution in [0.25, 0.3) is 0 Å². The first-order valence-corrected chi connectivity index (χ1v) is 11.1. The summed E-state index contributed by atoms with van der Waals surface area (Å²) in [5, 5.41) is 5.85. The first-order valence-electron chi connectivity index (χ1n) is 11.1. The van der Waals surface area contributed by atoms with E-state index in [1.54, 1.807) is 57.7 Å².